The minimum Gasteiger partial charge on any atom is -0.339 e. The molecule has 0 saturated carbocycles. The molecule has 0 aromatic heterocycles. The van der Waals surface area contributed by atoms with Gasteiger partial charge in [-0.05, 0) is 70.8 Å². The summed E-state index contributed by atoms with van der Waals surface area (Å²) in [5, 5.41) is 0. The first-order valence-electron chi connectivity index (χ1n) is 18.9. The predicted octanol–water partition coefficient (Wildman–Crippen LogP) is 10.1. The summed E-state index contributed by atoms with van der Waals surface area (Å²) in [4.78, 5) is 55.1. The van der Waals surface area contributed by atoms with Crippen LogP contribution in [0.5, 0.6) is 0 Å². The van der Waals surface area contributed by atoms with Gasteiger partial charge in [-0.1, -0.05) is 80.0 Å². The van der Waals surface area contributed by atoms with E-state index < -0.39 is 45.1 Å². The molecular weight excluding hydrogens is 954 g/mol. The van der Waals surface area contributed by atoms with Crippen molar-refractivity contribution >= 4 is 79.4 Å². The fourth-order valence-corrected chi connectivity index (χ4v) is 9.20. The molecule has 4 amide bonds. The lowest BCUT2D eigenvalue weighted by Gasteiger charge is -2.33. The maximum Gasteiger partial charge on any atom is 0.418 e. The number of carbonyl (C=O) groups is 4. The van der Waals surface area contributed by atoms with Crippen LogP contribution in [0.15, 0.2) is 104 Å². The molecule has 4 aromatic carbocycles. The van der Waals surface area contributed by atoms with E-state index >= 15 is 26.3 Å². The van der Waals surface area contributed by atoms with Crippen LogP contribution in [0.1, 0.15) is 36.1 Å². The highest BCUT2D eigenvalue weighted by atomic mass is 79.9. The van der Waals surface area contributed by atoms with E-state index in [-0.39, 0.29) is 71.4 Å². The Morgan fingerprint density at radius 2 is 0.885 bits per heavy atom. The van der Waals surface area contributed by atoms with Crippen LogP contribution in [0.2, 0.25) is 0 Å². The van der Waals surface area contributed by atoms with Gasteiger partial charge in [0.1, 0.15) is 0 Å². The van der Waals surface area contributed by atoms with Gasteiger partial charge in [-0.15, -0.1) is 0 Å². The molecule has 6 rings (SSSR count). The summed E-state index contributed by atoms with van der Waals surface area (Å²) in [6.45, 7) is 5.01. The molecule has 2 saturated heterocycles. The summed E-state index contributed by atoms with van der Waals surface area (Å²) in [5.74, 6) is -1.22. The van der Waals surface area contributed by atoms with Crippen LogP contribution in [0.3, 0.4) is 0 Å². The van der Waals surface area contributed by atoms with E-state index in [0.29, 0.717) is 46.9 Å². The standard InChI is InChI=1S/C44H38Br2F6N4O4S/c1-27(57)53-17-21-55(22-18-53)37(59)15-11-29-9-13-35(41(43(47,48)49)39(29)31-5-3-7-33(45)25-31)61-36-14-10-30(12-16-38(60)56-23-19-54(20-24-56)28(2)58)40(42(36)44(50,51)52)32-6-4-8-34(46)26-32/h3-16,25-26H,17-24H2,1-2H3. The van der Waals surface area contributed by atoms with Gasteiger partial charge in [-0.3, -0.25) is 19.2 Å². The van der Waals surface area contributed by atoms with Gasteiger partial charge in [0.2, 0.25) is 23.6 Å². The van der Waals surface area contributed by atoms with Crippen LogP contribution in [0.25, 0.3) is 34.4 Å². The Balaban J connectivity index is 1.46. The Morgan fingerprint density at radius 1 is 0.541 bits per heavy atom. The van der Waals surface area contributed by atoms with Crippen molar-refractivity contribution in [2.45, 2.75) is 36.0 Å². The fourth-order valence-electron chi connectivity index (χ4n) is 7.25. The highest BCUT2D eigenvalue weighted by Crippen LogP contribution is 2.51. The summed E-state index contributed by atoms with van der Waals surface area (Å²) in [6.07, 6.45) is -5.33. The molecule has 17 heteroatoms. The van der Waals surface area contributed by atoms with Crippen LogP contribution in [0.4, 0.5) is 26.3 Å². The lowest BCUT2D eigenvalue weighted by Crippen LogP contribution is -2.49. The number of amides is 4. The highest BCUT2D eigenvalue weighted by molar-refractivity contribution is 9.10. The molecule has 0 aliphatic carbocycles. The number of carbonyl (C=O) groups excluding carboxylic acids is 4. The zero-order valence-electron chi connectivity index (χ0n) is 32.7. The molecule has 0 spiro atoms. The molecule has 61 heavy (non-hydrogen) atoms. The van der Waals surface area contributed by atoms with Crippen molar-refractivity contribution in [3.05, 3.63) is 116 Å². The molecule has 2 heterocycles. The van der Waals surface area contributed by atoms with Crippen molar-refractivity contribution in [3.63, 3.8) is 0 Å². The summed E-state index contributed by atoms with van der Waals surface area (Å²) in [6, 6.07) is 17.0. The van der Waals surface area contributed by atoms with Crippen molar-refractivity contribution in [1.29, 1.82) is 0 Å². The smallest absolute Gasteiger partial charge is 0.339 e. The maximum atomic E-state index is 15.5. The summed E-state index contributed by atoms with van der Waals surface area (Å²) < 4.78 is 93.9. The van der Waals surface area contributed by atoms with E-state index in [1.807, 2.05) is 0 Å². The number of hydrogen-bond acceptors (Lipinski definition) is 5. The number of rotatable bonds is 8. The molecule has 2 aliphatic rings. The Bertz CT molecular complexity index is 2240. The minimum absolute atomic E-state index is 0.00391. The monoisotopic (exact) mass is 990 g/mol. The average Bonchev–Trinajstić information content (AvgIpc) is 3.21. The summed E-state index contributed by atoms with van der Waals surface area (Å²) in [7, 11) is 0. The van der Waals surface area contributed by atoms with Crippen LogP contribution in [-0.2, 0) is 31.5 Å². The van der Waals surface area contributed by atoms with Crippen LogP contribution in [0, 0.1) is 0 Å². The van der Waals surface area contributed by atoms with Crippen molar-refractivity contribution in [2.75, 3.05) is 52.4 Å². The first-order valence-corrected chi connectivity index (χ1v) is 21.3. The van der Waals surface area contributed by atoms with Crippen molar-refractivity contribution < 1.29 is 45.5 Å². The number of hydrogen-bond donors (Lipinski definition) is 0. The second-order valence-electron chi connectivity index (χ2n) is 14.3. The van der Waals surface area contributed by atoms with Crippen LogP contribution < -0.4 is 0 Å². The molecular formula is C44H38Br2F6N4O4S. The lowest BCUT2D eigenvalue weighted by atomic mass is 9.93. The number of piperazine rings is 2. The molecule has 0 bridgehead atoms. The van der Waals surface area contributed by atoms with E-state index in [0.717, 1.165) is 24.3 Å². The Hall–Kier alpha value is -4.87. The second kappa shape index (κ2) is 19.0. The summed E-state index contributed by atoms with van der Waals surface area (Å²) in [5.41, 5.74) is -2.86. The topological polar surface area (TPSA) is 81.2 Å². The molecule has 320 valence electrons. The molecule has 0 N–H and O–H groups in total. The quantitative estimate of drug-likeness (QED) is 0.130. The molecule has 0 radical (unpaired) electrons. The number of benzene rings is 4. The van der Waals surface area contributed by atoms with Gasteiger partial charge in [0.05, 0.1) is 11.1 Å². The number of alkyl halides is 6. The minimum atomic E-state index is -5.08. The zero-order valence-corrected chi connectivity index (χ0v) is 36.7. The van der Waals surface area contributed by atoms with Crippen molar-refractivity contribution in [3.8, 4) is 22.3 Å². The third-order valence-corrected chi connectivity index (χ3v) is 12.4. The van der Waals surface area contributed by atoms with Crippen LogP contribution in [-0.4, -0.2) is 95.6 Å². The van der Waals surface area contributed by atoms with Gasteiger partial charge in [-0.25, -0.2) is 0 Å². The third kappa shape index (κ3) is 11.0. The lowest BCUT2D eigenvalue weighted by molar-refractivity contribution is -0.139. The second-order valence-corrected chi connectivity index (χ2v) is 17.2. The average molecular weight is 993 g/mol. The Kier molecular flexibility index (Phi) is 14.2. The molecule has 0 atom stereocenters. The first kappa shape index (κ1) is 45.7. The van der Waals surface area contributed by atoms with Gasteiger partial charge in [0, 0.05) is 108 Å². The van der Waals surface area contributed by atoms with E-state index in [4.69, 9.17) is 0 Å². The molecule has 4 aromatic rings. The van der Waals surface area contributed by atoms with Gasteiger partial charge < -0.3 is 19.6 Å². The molecule has 8 nitrogen and oxygen atoms in total. The van der Waals surface area contributed by atoms with E-state index in [9.17, 15) is 19.2 Å². The molecule has 2 fully saturated rings. The number of nitrogens with zero attached hydrogens (tertiary/aromatic N) is 4. The van der Waals surface area contributed by atoms with E-state index in [1.165, 1.54) is 84.3 Å². The Labute approximate surface area is 369 Å². The predicted molar refractivity (Wildman–Crippen MR) is 229 cm³/mol. The van der Waals surface area contributed by atoms with E-state index in [1.54, 1.807) is 21.9 Å². The van der Waals surface area contributed by atoms with Crippen molar-refractivity contribution in [1.82, 2.24) is 19.6 Å². The molecule has 2 aliphatic heterocycles. The largest absolute Gasteiger partial charge is 0.418 e. The SMILES string of the molecule is CC(=O)N1CCN(C(=O)C=Cc2ccc(Sc3ccc(C=CC(=O)N4CCN(C(C)=O)CC4)c(-c4cccc(Br)c4)c3C(F)(F)F)c(C(F)(F)F)c2-c2cccc(Br)c2)CC1. The van der Waals surface area contributed by atoms with E-state index in [2.05, 4.69) is 31.9 Å². The number of halogens is 8. The normalized spacial score (nSPS) is 15.2. The van der Waals surface area contributed by atoms with Crippen LogP contribution >= 0.6 is 43.6 Å². The third-order valence-electron chi connectivity index (χ3n) is 10.3. The summed E-state index contributed by atoms with van der Waals surface area (Å²) >= 11 is 6.95. The maximum absolute atomic E-state index is 15.5. The Morgan fingerprint density at radius 3 is 1.20 bits per heavy atom. The zero-order chi connectivity index (χ0) is 44.2. The first-order chi connectivity index (χ1) is 28.8. The fraction of sp³-hybridized carbons (Fsp3) is 0.273. The van der Waals surface area contributed by atoms with Gasteiger partial charge in [-0.2, -0.15) is 26.3 Å². The van der Waals surface area contributed by atoms with Gasteiger partial charge in [0.25, 0.3) is 0 Å². The van der Waals surface area contributed by atoms with Crippen molar-refractivity contribution in [2.24, 2.45) is 0 Å². The van der Waals surface area contributed by atoms with Gasteiger partial charge in [0.15, 0.2) is 0 Å². The van der Waals surface area contributed by atoms with Gasteiger partial charge >= 0.3 is 12.4 Å². The highest BCUT2D eigenvalue weighted by Gasteiger charge is 2.41. The molecule has 0 unspecified atom stereocenters.